The molecule has 7 heterocycles. The van der Waals surface area contributed by atoms with Crippen LogP contribution in [-0.4, -0.2) is 133 Å². The van der Waals surface area contributed by atoms with E-state index in [1.54, 1.807) is 4.90 Å². The van der Waals surface area contributed by atoms with Crippen molar-refractivity contribution < 1.29 is 87.3 Å². The minimum atomic E-state index is -0.824. The molecule has 2 aromatic heterocycles. The number of carbonyl (C=O) groups excluding carboxylic acids is 8. The van der Waals surface area contributed by atoms with Crippen molar-refractivity contribution in [2.45, 2.75) is 42.2 Å². The maximum atomic E-state index is 13.0. The Bertz CT molecular complexity index is 1760. The maximum absolute atomic E-state index is 13.0. The van der Waals surface area contributed by atoms with E-state index in [2.05, 4.69) is 26.6 Å². The van der Waals surface area contributed by atoms with Crippen molar-refractivity contribution in [1.29, 1.82) is 0 Å². The first-order valence-corrected chi connectivity index (χ1v) is 18.3. The summed E-state index contributed by atoms with van der Waals surface area (Å²) in [7, 11) is 0. The third kappa shape index (κ3) is 13.2. The number of pyridine rings is 2. The molecular weight excluding hydrogens is 844 g/mol. The van der Waals surface area contributed by atoms with Crippen LogP contribution in [0.15, 0.2) is 34.3 Å². The fraction of sp³-hybridized carbons (Fsp3) is 0.455. The fourth-order valence-electron chi connectivity index (χ4n) is 5.32. The first-order chi connectivity index (χ1) is 26.8. The van der Waals surface area contributed by atoms with E-state index in [9.17, 15) is 48.8 Å². The van der Waals surface area contributed by atoms with Crippen molar-refractivity contribution in [1.82, 2.24) is 36.5 Å². The Kier molecular flexibility index (Phi) is 18.3. The topological polar surface area (TPSA) is 270 Å². The van der Waals surface area contributed by atoms with Crippen LogP contribution in [0.3, 0.4) is 0 Å². The Morgan fingerprint density at radius 2 is 1.21 bits per heavy atom. The predicted octanol–water partition coefficient (Wildman–Crippen LogP) is -3.61. The second-order valence-corrected chi connectivity index (χ2v) is 13.0. The normalized spacial score (nSPS) is 16.6. The fourth-order valence-corrected chi connectivity index (χ4v) is 5.84. The Morgan fingerprint density at radius 3 is 1.70 bits per heavy atom. The van der Waals surface area contributed by atoms with Gasteiger partial charge >= 0.3 is 48.6 Å². The van der Waals surface area contributed by atoms with Gasteiger partial charge in [0.1, 0.15) is 10.1 Å². The van der Waals surface area contributed by atoms with Crippen LogP contribution in [0.5, 0.6) is 0 Å². The average molecular weight is 885 g/mol. The summed E-state index contributed by atoms with van der Waals surface area (Å²) < 4.78 is 6.24. The molecule has 0 aliphatic carbocycles. The Morgan fingerprint density at radius 1 is 0.737 bits per heavy atom. The SMILES string of the molecule is O=C(CCCC(=O)ON1C(=O)CCC1=O)NCCN1CCNC(=O)c2ccc([n+](O)c2[S-])C(=O)NCCOCCNC(=O)c2ccc(c([S-])[n+]2O)C(=O)NCC1.[Zn+2]. The van der Waals surface area contributed by atoms with Crippen molar-refractivity contribution in [3.63, 3.8) is 0 Å². The van der Waals surface area contributed by atoms with Gasteiger partial charge in [0.15, 0.2) is 0 Å². The summed E-state index contributed by atoms with van der Waals surface area (Å²) in [5.74, 6) is -5.08. The van der Waals surface area contributed by atoms with Crippen LogP contribution in [0.25, 0.3) is 0 Å². The van der Waals surface area contributed by atoms with Crippen LogP contribution in [0.1, 0.15) is 73.8 Å². The summed E-state index contributed by atoms with van der Waals surface area (Å²) in [5.41, 5.74) is -0.609. The third-order valence-electron chi connectivity index (χ3n) is 8.30. The molecule has 0 radical (unpaired) electrons. The quantitative estimate of drug-likeness (QED) is 0.0444. The zero-order valence-electron chi connectivity index (χ0n) is 30.7. The number of ether oxygens (including phenoxy) is 1. The summed E-state index contributed by atoms with van der Waals surface area (Å²) in [6, 6.07) is 5.05. The van der Waals surface area contributed by atoms with Crippen molar-refractivity contribution in [3.8, 4) is 0 Å². The monoisotopic (exact) mass is 883 g/mol. The molecule has 57 heavy (non-hydrogen) atoms. The van der Waals surface area contributed by atoms with Gasteiger partial charge in [-0.2, -0.15) is 0 Å². The molecule has 0 unspecified atom stereocenters. The zero-order valence-corrected chi connectivity index (χ0v) is 35.3. The van der Waals surface area contributed by atoms with Gasteiger partial charge in [-0.3, -0.25) is 48.9 Å². The van der Waals surface area contributed by atoms with Crippen molar-refractivity contribution in [3.05, 3.63) is 46.8 Å². The van der Waals surface area contributed by atoms with E-state index in [0.717, 1.165) is 0 Å². The van der Waals surface area contributed by atoms with Gasteiger partial charge in [0.05, 0.1) is 24.3 Å². The van der Waals surface area contributed by atoms with E-state index < -0.39 is 47.3 Å². The molecule has 1 saturated heterocycles. The molecule has 24 heteroatoms. The van der Waals surface area contributed by atoms with Gasteiger partial charge in [-0.05, 0) is 28.0 Å². The van der Waals surface area contributed by atoms with E-state index in [-0.39, 0.29) is 150 Å². The summed E-state index contributed by atoms with van der Waals surface area (Å²) in [5, 5.41) is 34.1. The summed E-state index contributed by atoms with van der Waals surface area (Å²) in [6.07, 6.45) is -0.247. The minimum Gasteiger partial charge on any atom is -0.705 e. The molecule has 0 atom stereocenters. The van der Waals surface area contributed by atoms with Gasteiger partial charge in [0.2, 0.25) is 5.91 Å². The summed E-state index contributed by atoms with van der Waals surface area (Å²) >= 11 is 10.5. The second-order valence-electron chi connectivity index (χ2n) is 12.2. The average Bonchev–Trinajstić information content (AvgIpc) is 3.47. The molecule has 2 aromatic rings. The molecule has 7 N–H and O–H groups in total. The zero-order chi connectivity index (χ0) is 40.8. The number of nitrogens with one attached hydrogen (secondary N) is 5. The van der Waals surface area contributed by atoms with Crippen molar-refractivity contribution in [2.75, 3.05) is 65.6 Å². The number of aromatic nitrogens is 2. The van der Waals surface area contributed by atoms with E-state index >= 15 is 0 Å². The molecule has 302 valence electrons. The van der Waals surface area contributed by atoms with Crippen LogP contribution in [0, 0.1) is 0 Å². The van der Waals surface area contributed by atoms with Gasteiger partial charge in [0.25, 0.3) is 23.6 Å². The van der Waals surface area contributed by atoms with Crippen LogP contribution < -0.4 is 36.0 Å². The van der Waals surface area contributed by atoms with Crippen LogP contribution >= 0.6 is 0 Å². The van der Waals surface area contributed by atoms with Gasteiger partial charge in [-0.25, -0.2) is 4.79 Å². The number of hydroxylamine groups is 2. The standard InChI is InChI=1S/C33H41N9O12S2.Zn/c43-24(2-1-3-27(46)54-42-25(44)8-9-26(42)45)34-10-15-39-16-11-35-28(47)20-4-6-22(40(51)32(20)55)30(49)37-13-18-53-19-14-38-31(50)23-7-5-21(33(56)41(23)52)29(48)36-12-17-39;/h4-7,51-52H,1-3,8-19H2,(H5,34,35,36,37,38,43,47,48,49,50);/q;+2. The van der Waals surface area contributed by atoms with E-state index in [0.29, 0.717) is 14.5 Å². The molecule has 7 amide bonds. The molecule has 5 aliphatic rings. The molecule has 0 saturated carbocycles. The maximum Gasteiger partial charge on any atom is 2.00 e. The van der Waals surface area contributed by atoms with E-state index in [4.69, 9.17) is 34.8 Å². The molecule has 1 fully saturated rings. The Labute approximate surface area is 349 Å². The molecule has 0 spiro atoms. The van der Waals surface area contributed by atoms with Crippen molar-refractivity contribution >= 4 is 72.6 Å². The molecule has 0 aromatic carbocycles. The number of carbonyl (C=O) groups is 8. The largest absolute Gasteiger partial charge is 2.00 e. The number of imide groups is 1. The number of nitrogens with zero attached hydrogens (tertiary/aromatic N) is 4. The molecule has 5 aliphatic heterocycles. The summed E-state index contributed by atoms with van der Waals surface area (Å²) in [6.45, 7) is 1.04. The van der Waals surface area contributed by atoms with Gasteiger partial charge in [0, 0.05) is 90.2 Å². The molecule has 21 nitrogen and oxygen atoms in total. The Balaban J connectivity index is 0.00000870. The van der Waals surface area contributed by atoms with Crippen LogP contribution in [-0.2, 0) is 73.5 Å². The van der Waals surface area contributed by atoms with Gasteiger partial charge in [-0.15, -0.1) is 5.06 Å². The van der Waals surface area contributed by atoms with Gasteiger partial charge < -0.3 is 61.4 Å². The molecule has 4 bridgehead atoms. The third-order valence-corrected chi connectivity index (χ3v) is 9.08. The van der Waals surface area contributed by atoms with E-state index in [1.165, 1.54) is 24.3 Å². The smallest absolute Gasteiger partial charge is 0.705 e. The first-order valence-electron chi connectivity index (χ1n) is 17.4. The summed E-state index contributed by atoms with van der Waals surface area (Å²) in [4.78, 5) is 106. The van der Waals surface area contributed by atoms with Crippen LogP contribution in [0.4, 0.5) is 0 Å². The molecular formula is C33H41N9O12S2Zn+2. The molecule has 7 rings (SSSR count). The number of rotatable bonds is 8. The van der Waals surface area contributed by atoms with Crippen LogP contribution in [0.2, 0.25) is 0 Å². The first kappa shape index (κ1) is 46.2. The number of hydrogen-bond acceptors (Lipinski definition) is 15. The van der Waals surface area contributed by atoms with Crippen molar-refractivity contribution in [2.24, 2.45) is 0 Å². The number of amides is 7. The number of hydrogen-bond donors (Lipinski definition) is 7. The second kappa shape index (κ2) is 22.5. The Hall–Kier alpha value is -5.16. The predicted molar refractivity (Wildman–Crippen MR) is 190 cm³/mol. The van der Waals surface area contributed by atoms with E-state index in [1.807, 2.05) is 0 Å². The minimum absolute atomic E-state index is 0. The van der Waals surface area contributed by atoms with Gasteiger partial charge in [-0.1, -0.05) is 0 Å².